The Morgan fingerprint density at radius 2 is 2.41 bits per heavy atom. The van der Waals surface area contributed by atoms with Crippen LogP contribution in [0.25, 0.3) is 0 Å². The lowest BCUT2D eigenvalue weighted by molar-refractivity contribution is -0.146. The number of nitrogens with zero attached hydrogens (tertiary/aromatic N) is 1. The van der Waals surface area contributed by atoms with Crippen LogP contribution >= 0.6 is 0 Å². The zero-order valence-corrected chi connectivity index (χ0v) is 9.74. The SMILES string of the molecule is O=C(OCCC1CC1)C1Cc2nc[nH]c2CN1. The van der Waals surface area contributed by atoms with Gasteiger partial charge < -0.3 is 9.72 Å². The Hall–Kier alpha value is -1.36. The molecule has 3 rings (SSSR count). The van der Waals surface area contributed by atoms with E-state index in [1.54, 1.807) is 6.33 Å². The van der Waals surface area contributed by atoms with E-state index in [0.29, 0.717) is 19.6 Å². The van der Waals surface area contributed by atoms with Crippen molar-refractivity contribution in [3.63, 3.8) is 0 Å². The number of nitrogens with one attached hydrogen (secondary N) is 2. The summed E-state index contributed by atoms with van der Waals surface area (Å²) in [5, 5.41) is 3.17. The molecule has 1 atom stereocenters. The molecule has 5 nitrogen and oxygen atoms in total. The predicted molar refractivity (Wildman–Crippen MR) is 61.2 cm³/mol. The third kappa shape index (κ3) is 2.49. The number of aromatic amines is 1. The number of H-pyrrole nitrogens is 1. The summed E-state index contributed by atoms with van der Waals surface area (Å²) >= 11 is 0. The van der Waals surface area contributed by atoms with Crippen LogP contribution in [0, 0.1) is 5.92 Å². The number of carbonyl (C=O) groups is 1. The highest BCUT2D eigenvalue weighted by Gasteiger charge is 2.27. The average molecular weight is 235 g/mol. The smallest absolute Gasteiger partial charge is 0.323 e. The Labute approximate surface area is 100.0 Å². The number of esters is 1. The summed E-state index contributed by atoms with van der Waals surface area (Å²) in [6.45, 7) is 1.23. The first-order valence-corrected chi connectivity index (χ1v) is 6.24. The van der Waals surface area contributed by atoms with Gasteiger partial charge in [0.15, 0.2) is 0 Å². The Bertz CT molecular complexity index is 412. The Morgan fingerprint density at radius 3 is 3.24 bits per heavy atom. The van der Waals surface area contributed by atoms with Crippen molar-refractivity contribution >= 4 is 5.97 Å². The van der Waals surface area contributed by atoms with Crippen LogP contribution in [-0.2, 0) is 22.5 Å². The molecule has 17 heavy (non-hydrogen) atoms. The Balaban J connectivity index is 1.49. The van der Waals surface area contributed by atoms with Gasteiger partial charge in [-0.15, -0.1) is 0 Å². The fraction of sp³-hybridized carbons (Fsp3) is 0.667. The molecule has 92 valence electrons. The maximum atomic E-state index is 11.8. The molecular formula is C12H17N3O2. The summed E-state index contributed by atoms with van der Waals surface area (Å²) in [6.07, 6.45) is 5.92. The normalized spacial score (nSPS) is 23.2. The number of aromatic nitrogens is 2. The second kappa shape index (κ2) is 4.49. The fourth-order valence-corrected chi connectivity index (χ4v) is 2.17. The summed E-state index contributed by atoms with van der Waals surface area (Å²) in [4.78, 5) is 19.1. The van der Waals surface area contributed by atoms with Crippen molar-refractivity contribution in [2.45, 2.75) is 38.3 Å². The fourth-order valence-electron chi connectivity index (χ4n) is 2.17. The van der Waals surface area contributed by atoms with E-state index in [0.717, 1.165) is 23.7 Å². The average Bonchev–Trinajstić information content (AvgIpc) is 3.04. The predicted octanol–water partition coefficient (Wildman–Crippen LogP) is 0.767. The minimum Gasteiger partial charge on any atom is -0.465 e. The van der Waals surface area contributed by atoms with Gasteiger partial charge in [0.1, 0.15) is 6.04 Å². The van der Waals surface area contributed by atoms with Gasteiger partial charge in [0.2, 0.25) is 0 Å². The lowest BCUT2D eigenvalue weighted by Gasteiger charge is -2.21. The van der Waals surface area contributed by atoms with Crippen LogP contribution in [0.1, 0.15) is 30.7 Å². The molecule has 1 aliphatic carbocycles. The van der Waals surface area contributed by atoms with Crippen LogP contribution in [0.2, 0.25) is 0 Å². The highest BCUT2D eigenvalue weighted by atomic mass is 16.5. The van der Waals surface area contributed by atoms with Gasteiger partial charge in [0.25, 0.3) is 0 Å². The van der Waals surface area contributed by atoms with Crippen molar-refractivity contribution in [2.75, 3.05) is 6.61 Å². The van der Waals surface area contributed by atoms with Gasteiger partial charge in [0.05, 0.1) is 24.3 Å². The number of hydrogen-bond acceptors (Lipinski definition) is 4. The van der Waals surface area contributed by atoms with E-state index in [-0.39, 0.29) is 12.0 Å². The molecule has 0 aromatic carbocycles. The summed E-state index contributed by atoms with van der Waals surface area (Å²) < 4.78 is 5.28. The second-order valence-electron chi connectivity index (χ2n) is 4.86. The summed E-state index contributed by atoms with van der Waals surface area (Å²) in [6, 6.07) is -0.231. The lowest BCUT2D eigenvalue weighted by Crippen LogP contribution is -2.43. The first kappa shape index (κ1) is 10.8. The third-order valence-corrected chi connectivity index (χ3v) is 3.48. The quantitative estimate of drug-likeness (QED) is 0.756. The zero-order chi connectivity index (χ0) is 11.7. The molecule has 1 aliphatic heterocycles. The van der Waals surface area contributed by atoms with E-state index in [4.69, 9.17) is 4.74 Å². The minimum atomic E-state index is -0.231. The molecule has 0 spiro atoms. The van der Waals surface area contributed by atoms with Crippen molar-refractivity contribution in [3.05, 3.63) is 17.7 Å². The van der Waals surface area contributed by atoms with Gasteiger partial charge in [-0.1, -0.05) is 12.8 Å². The highest BCUT2D eigenvalue weighted by Crippen LogP contribution is 2.32. The molecule has 0 saturated heterocycles. The van der Waals surface area contributed by atoms with Crippen LogP contribution in [0.4, 0.5) is 0 Å². The lowest BCUT2D eigenvalue weighted by atomic mass is 10.1. The molecule has 1 fully saturated rings. The topological polar surface area (TPSA) is 67.0 Å². The Kier molecular flexibility index (Phi) is 2.84. The molecule has 5 heteroatoms. The number of hydrogen-bond donors (Lipinski definition) is 2. The molecule has 0 bridgehead atoms. The van der Waals surface area contributed by atoms with Crippen molar-refractivity contribution in [2.24, 2.45) is 5.92 Å². The third-order valence-electron chi connectivity index (χ3n) is 3.48. The maximum absolute atomic E-state index is 11.8. The van der Waals surface area contributed by atoms with Gasteiger partial charge in [-0.25, -0.2) is 4.98 Å². The number of carbonyl (C=O) groups excluding carboxylic acids is 1. The van der Waals surface area contributed by atoms with E-state index in [9.17, 15) is 4.79 Å². The number of imidazole rings is 1. The summed E-state index contributed by atoms with van der Waals surface area (Å²) in [7, 11) is 0. The van der Waals surface area contributed by atoms with E-state index < -0.39 is 0 Å². The van der Waals surface area contributed by atoms with E-state index in [2.05, 4.69) is 15.3 Å². The molecule has 1 saturated carbocycles. The van der Waals surface area contributed by atoms with Gasteiger partial charge in [0, 0.05) is 13.0 Å². The van der Waals surface area contributed by atoms with Gasteiger partial charge in [-0.3, -0.25) is 10.1 Å². The van der Waals surface area contributed by atoms with Gasteiger partial charge >= 0.3 is 5.97 Å². The minimum absolute atomic E-state index is 0.140. The van der Waals surface area contributed by atoms with Crippen LogP contribution in [0.15, 0.2) is 6.33 Å². The molecule has 0 amide bonds. The van der Waals surface area contributed by atoms with Crippen LogP contribution in [0.5, 0.6) is 0 Å². The van der Waals surface area contributed by atoms with Gasteiger partial charge in [-0.05, 0) is 12.3 Å². The molecule has 1 unspecified atom stereocenters. The molecule has 1 aromatic rings. The van der Waals surface area contributed by atoms with E-state index in [1.807, 2.05) is 0 Å². The van der Waals surface area contributed by atoms with Crippen molar-refractivity contribution in [1.29, 1.82) is 0 Å². The molecule has 2 heterocycles. The van der Waals surface area contributed by atoms with Gasteiger partial charge in [-0.2, -0.15) is 0 Å². The van der Waals surface area contributed by atoms with Crippen molar-refractivity contribution in [1.82, 2.24) is 15.3 Å². The molecule has 1 aromatic heterocycles. The monoisotopic (exact) mass is 235 g/mol. The summed E-state index contributed by atoms with van der Waals surface area (Å²) in [5.41, 5.74) is 2.06. The van der Waals surface area contributed by atoms with Crippen LogP contribution in [-0.4, -0.2) is 28.6 Å². The molecule has 2 aliphatic rings. The highest BCUT2D eigenvalue weighted by molar-refractivity contribution is 5.76. The Morgan fingerprint density at radius 1 is 1.53 bits per heavy atom. The van der Waals surface area contributed by atoms with E-state index >= 15 is 0 Å². The van der Waals surface area contributed by atoms with Crippen molar-refractivity contribution in [3.8, 4) is 0 Å². The number of fused-ring (bicyclic) bond motifs is 1. The second-order valence-corrected chi connectivity index (χ2v) is 4.86. The molecule has 2 N–H and O–H groups in total. The maximum Gasteiger partial charge on any atom is 0.323 e. The largest absolute Gasteiger partial charge is 0.465 e. The van der Waals surface area contributed by atoms with E-state index in [1.165, 1.54) is 12.8 Å². The molecular weight excluding hydrogens is 218 g/mol. The first-order valence-electron chi connectivity index (χ1n) is 6.24. The summed E-state index contributed by atoms with van der Waals surface area (Å²) in [5.74, 6) is 0.666. The number of rotatable bonds is 4. The van der Waals surface area contributed by atoms with Crippen LogP contribution in [0.3, 0.4) is 0 Å². The molecule has 0 radical (unpaired) electrons. The van der Waals surface area contributed by atoms with Crippen LogP contribution < -0.4 is 5.32 Å². The van der Waals surface area contributed by atoms with Crippen molar-refractivity contribution < 1.29 is 9.53 Å². The zero-order valence-electron chi connectivity index (χ0n) is 9.74. The first-order chi connectivity index (χ1) is 8.33. The number of ether oxygens (including phenoxy) is 1. The standard InChI is InChI=1S/C12H17N3O2/c16-12(17-4-3-8-1-2-8)10-5-9-11(6-13-10)15-7-14-9/h7-8,10,13H,1-6H2,(H,14,15).